The number of aliphatic hydroxyl groups excluding tert-OH is 1. The lowest BCUT2D eigenvalue weighted by Crippen LogP contribution is -2.33. The number of likely N-dealkylation sites (tertiary alicyclic amines) is 1. The summed E-state index contributed by atoms with van der Waals surface area (Å²) in [6.07, 6.45) is 6.31. The van der Waals surface area contributed by atoms with Crippen LogP contribution in [-0.2, 0) is 0 Å². The molecule has 0 bridgehead atoms. The van der Waals surface area contributed by atoms with Crippen molar-refractivity contribution in [2.45, 2.75) is 44.6 Å². The normalized spacial score (nSPS) is 17.4. The second-order valence-corrected chi connectivity index (χ2v) is 6.12. The van der Waals surface area contributed by atoms with Crippen LogP contribution in [0.1, 0.15) is 50.2 Å². The molecule has 22 heavy (non-hydrogen) atoms. The summed E-state index contributed by atoms with van der Waals surface area (Å²) in [6, 6.07) is 7.84. The number of hydrogen-bond acceptors (Lipinski definition) is 4. The summed E-state index contributed by atoms with van der Waals surface area (Å²) >= 11 is 0. The lowest BCUT2D eigenvalue weighted by molar-refractivity contribution is 0.163. The van der Waals surface area contributed by atoms with Gasteiger partial charge in [0, 0.05) is 6.54 Å². The number of nitrogens with zero attached hydrogens (tertiary/aromatic N) is 1. The SMILES string of the molecule is NCCCCC(O)c1ccc(OCCN2CCCCC2)cc1. The van der Waals surface area contributed by atoms with E-state index < -0.39 is 6.10 Å². The van der Waals surface area contributed by atoms with Gasteiger partial charge in [-0.15, -0.1) is 0 Å². The van der Waals surface area contributed by atoms with Gasteiger partial charge in [-0.2, -0.15) is 0 Å². The van der Waals surface area contributed by atoms with Gasteiger partial charge in [-0.3, -0.25) is 4.90 Å². The van der Waals surface area contributed by atoms with Crippen LogP contribution in [0.4, 0.5) is 0 Å². The number of rotatable bonds is 9. The molecule has 0 aliphatic carbocycles. The molecule has 1 aliphatic heterocycles. The number of nitrogens with two attached hydrogens (primary N) is 1. The van der Waals surface area contributed by atoms with Crippen molar-refractivity contribution in [1.82, 2.24) is 4.90 Å². The van der Waals surface area contributed by atoms with Gasteiger partial charge in [-0.05, 0) is 69.4 Å². The van der Waals surface area contributed by atoms with Gasteiger partial charge in [0.1, 0.15) is 12.4 Å². The highest BCUT2D eigenvalue weighted by molar-refractivity contribution is 5.28. The lowest BCUT2D eigenvalue weighted by Gasteiger charge is -2.26. The van der Waals surface area contributed by atoms with Gasteiger partial charge < -0.3 is 15.6 Å². The molecule has 1 aliphatic rings. The van der Waals surface area contributed by atoms with Crippen molar-refractivity contribution in [3.8, 4) is 5.75 Å². The summed E-state index contributed by atoms with van der Waals surface area (Å²) in [5.41, 5.74) is 6.43. The van der Waals surface area contributed by atoms with Crippen LogP contribution in [0.25, 0.3) is 0 Å². The molecule has 2 rings (SSSR count). The molecule has 0 saturated carbocycles. The van der Waals surface area contributed by atoms with Gasteiger partial charge in [-0.1, -0.05) is 18.6 Å². The minimum absolute atomic E-state index is 0.394. The molecule has 0 radical (unpaired) electrons. The molecule has 1 heterocycles. The molecule has 0 amide bonds. The van der Waals surface area contributed by atoms with Crippen LogP contribution in [0.5, 0.6) is 5.75 Å². The van der Waals surface area contributed by atoms with Crippen LogP contribution in [0.3, 0.4) is 0 Å². The number of piperidine rings is 1. The van der Waals surface area contributed by atoms with E-state index in [0.29, 0.717) is 6.54 Å². The molecule has 3 N–H and O–H groups in total. The molecule has 0 aromatic heterocycles. The Morgan fingerprint density at radius 2 is 1.82 bits per heavy atom. The lowest BCUT2D eigenvalue weighted by atomic mass is 10.0. The highest BCUT2D eigenvalue weighted by Gasteiger charge is 2.10. The first-order valence-electron chi connectivity index (χ1n) is 8.63. The van der Waals surface area contributed by atoms with Gasteiger partial charge in [0.2, 0.25) is 0 Å². The molecule has 4 nitrogen and oxygen atoms in total. The zero-order valence-electron chi connectivity index (χ0n) is 13.5. The highest BCUT2D eigenvalue weighted by Crippen LogP contribution is 2.22. The van der Waals surface area contributed by atoms with Crippen molar-refractivity contribution in [3.63, 3.8) is 0 Å². The molecule has 1 unspecified atom stereocenters. The van der Waals surface area contributed by atoms with E-state index in [4.69, 9.17) is 10.5 Å². The van der Waals surface area contributed by atoms with Crippen molar-refractivity contribution >= 4 is 0 Å². The fraction of sp³-hybridized carbons (Fsp3) is 0.667. The molecule has 1 aromatic rings. The van der Waals surface area contributed by atoms with Gasteiger partial charge in [0.05, 0.1) is 6.10 Å². The van der Waals surface area contributed by atoms with E-state index in [-0.39, 0.29) is 0 Å². The fourth-order valence-corrected chi connectivity index (χ4v) is 2.91. The Labute approximate surface area is 134 Å². The Hall–Kier alpha value is -1.10. The van der Waals surface area contributed by atoms with Crippen LogP contribution in [0.15, 0.2) is 24.3 Å². The van der Waals surface area contributed by atoms with Gasteiger partial charge in [0.15, 0.2) is 0 Å². The molecular formula is C18H30N2O2. The fourth-order valence-electron chi connectivity index (χ4n) is 2.91. The maximum atomic E-state index is 10.1. The van der Waals surface area contributed by atoms with Gasteiger partial charge >= 0.3 is 0 Å². The number of hydrogen-bond donors (Lipinski definition) is 2. The van der Waals surface area contributed by atoms with Crippen LogP contribution >= 0.6 is 0 Å². The smallest absolute Gasteiger partial charge is 0.119 e. The first-order valence-corrected chi connectivity index (χ1v) is 8.63. The Kier molecular flexibility index (Phi) is 7.71. The second-order valence-electron chi connectivity index (χ2n) is 6.12. The molecule has 1 saturated heterocycles. The monoisotopic (exact) mass is 306 g/mol. The summed E-state index contributed by atoms with van der Waals surface area (Å²) in [5.74, 6) is 0.884. The quantitative estimate of drug-likeness (QED) is 0.689. The third-order valence-corrected chi connectivity index (χ3v) is 4.32. The van der Waals surface area contributed by atoms with E-state index in [1.54, 1.807) is 0 Å². The first kappa shape index (κ1) is 17.3. The van der Waals surface area contributed by atoms with E-state index in [2.05, 4.69) is 4.90 Å². The Morgan fingerprint density at radius 1 is 1.09 bits per heavy atom. The topological polar surface area (TPSA) is 58.7 Å². The third kappa shape index (κ3) is 5.95. The summed E-state index contributed by atoms with van der Waals surface area (Å²) in [4.78, 5) is 2.47. The van der Waals surface area contributed by atoms with E-state index >= 15 is 0 Å². The van der Waals surface area contributed by atoms with Crippen molar-refractivity contribution < 1.29 is 9.84 Å². The molecule has 0 spiro atoms. The summed E-state index contributed by atoms with van der Waals surface area (Å²) in [5, 5.41) is 10.1. The van der Waals surface area contributed by atoms with Crippen LogP contribution in [0.2, 0.25) is 0 Å². The van der Waals surface area contributed by atoms with Gasteiger partial charge in [-0.25, -0.2) is 0 Å². The molecular weight excluding hydrogens is 276 g/mol. The largest absolute Gasteiger partial charge is 0.492 e. The maximum Gasteiger partial charge on any atom is 0.119 e. The number of aliphatic hydroxyl groups is 1. The standard InChI is InChI=1S/C18H30N2O2/c19-11-3-2-6-18(21)16-7-9-17(10-8-16)22-15-14-20-12-4-1-5-13-20/h7-10,18,21H,1-6,11-15,19H2. The number of unbranched alkanes of at least 4 members (excludes halogenated alkanes) is 1. The Bertz CT molecular complexity index is 402. The third-order valence-electron chi connectivity index (χ3n) is 4.32. The molecule has 1 aromatic carbocycles. The van der Waals surface area contributed by atoms with E-state index in [9.17, 15) is 5.11 Å². The highest BCUT2D eigenvalue weighted by atomic mass is 16.5. The van der Waals surface area contributed by atoms with E-state index in [1.807, 2.05) is 24.3 Å². The minimum Gasteiger partial charge on any atom is -0.492 e. The Morgan fingerprint density at radius 3 is 2.50 bits per heavy atom. The first-order chi connectivity index (χ1) is 10.8. The predicted molar refractivity (Wildman–Crippen MR) is 90.1 cm³/mol. The summed E-state index contributed by atoms with van der Waals surface area (Å²) in [7, 11) is 0. The molecule has 124 valence electrons. The van der Waals surface area contributed by atoms with Crippen molar-refractivity contribution in [2.24, 2.45) is 5.73 Å². The van der Waals surface area contributed by atoms with Crippen molar-refractivity contribution in [2.75, 3.05) is 32.8 Å². The summed E-state index contributed by atoms with van der Waals surface area (Å²) in [6.45, 7) is 4.84. The van der Waals surface area contributed by atoms with Crippen molar-refractivity contribution in [1.29, 1.82) is 0 Å². The zero-order valence-corrected chi connectivity index (χ0v) is 13.5. The van der Waals surface area contributed by atoms with E-state index in [0.717, 1.165) is 43.7 Å². The van der Waals surface area contributed by atoms with Gasteiger partial charge in [0.25, 0.3) is 0 Å². The number of benzene rings is 1. The second kappa shape index (κ2) is 9.82. The van der Waals surface area contributed by atoms with Crippen LogP contribution < -0.4 is 10.5 Å². The van der Waals surface area contributed by atoms with E-state index in [1.165, 1.54) is 32.4 Å². The zero-order chi connectivity index (χ0) is 15.6. The summed E-state index contributed by atoms with van der Waals surface area (Å²) < 4.78 is 5.80. The molecule has 4 heteroatoms. The predicted octanol–water partition coefficient (Wildman–Crippen LogP) is 2.71. The average molecular weight is 306 g/mol. The number of ether oxygens (including phenoxy) is 1. The Balaban J connectivity index is 1.69. The molecule has 1 atom stereocenters. The maximum absolute atomic E-state index is 10.1. The van der Waals surface area contributed by atoms with Crippen LogP contribution in [0, 0.1) is 0 Å². The van der Waals surface area contributed by atoms with Crippen molar-refractivity contribution in [3.05, 3.63) is 29.8 Å². The molecule has 1 fully saturated rings. The minimum atomic E-state index is -0.394. The average Bonchev–Trinajstić information content (AvgIpc) is 2.56. The van der Waals surface area contributed by atoms with Crippen LogP contribution in [-0.4, -0.2) is 42.8 Å².